The van der Waals surface area contributed by atoms with Gasteiger partial charge >= 0.3 is 5.97 Å². The number of hydrogen-bond donors (Lipinski definition) is 14. The van der Waals surface area contributed by atoms with Crippen LogP contribution in [0.15, 0.2) is 24.3 Å². The number of phenols is 1. The molecule has 16 atom stereocenters. The lowest BCUT2D eigenvalue weighted by Crippen LogP contribution is -2.64. The molecule has 27 heteroatoms. The molecule has 0 radical (unpaired) electrons. The molecule has 4 rings (SSSR count). The third-order valence-electron chi connectivity index (χ3n) is 15.1. The lowest BCUT2D eigenvalue weighted by Gasteiger charge is -2.34. The number of phenolic OH excluding ortho intramolecular Hbond substituents is 1. The highest BCUT2D eigenvalue weighted by atomic mass is 32.2. The van der Waals surface area contributed by atoms with Gasteiger partial charge in [0.25, 0.3) is 0 Å². The number of esters is 1. The Morgan fingerprint density at radius 1 is 0.759 bits per heavy atom. The topological polar surface area (TPSA) is 417 Å². The van der Waals surface area contributed by atoms with Crippen molar-refractivity contribution in [1.82, 2.24) is 36.4 Å². The maximum atomic E-state index is 14.7. The molecule has 0 aromatic heterocycles. The number of nitrogens with two attached hydrogens (primary N) is 1. The van der Waals surface area contributed by atoms with Crippen LogP contribution in [-0.2, 0) is 47.9 Å². The molecular formula is C56H90N8O18S. The monoisotopic (exact) mass is 1190 g/mol. The number of amides is 8. The third kappa shape index (κ3) is 21.4. The highest BCUT2D eigenvalue weighted by Gasteiger charge is 2.49. The van der Waals surface area contributed by atoms with E-state index >= 15 is 0 Å². The Bertz CT molecular complexity index is 2360. The molecule has 15 N–H and O–H groups in total. The molecule has 0 spiro atoms. The number of carbonyl (C=O) groups is 9. The van der Waals surface area contributed by atoms with Crippen molar-refractivity contribution in [2.75, 3.05) is 18.8 Å². The number of primary amides is 1. The van der Waals surface area contributed by atoms with Gasteiger partial charge in [-0.15, -0.1) is 11.8 Å². The summed E-state index contributed by atoms with van der Waals surface area (Å²) in [5, 5.41) is 100. The zero-order valence-corrected chi connectivity index (χ0v) is 49.4. The van der Waals surface area contributed by atoms with Crippen LogP contribution in [0.5, 0.6) is 5.75 Å². The predicted octanol–water partition coefficient (Wildman–Crippen LogP) is -1.26. The van der Waals surface area contributed by atoms with Crippen molar-refractivity contribution in [3.63, 3.8) is 0 Å². The molecule has 26 nitrogen and oxygen atoms in total. The highest BCUT2D eigenvalue weighted by molar-refractivity contribution is 8.00. The van der Waals surface area contributed by atoms with Crippen LogP contribution in [-0.4, -0.2) is 207 Å². The number of nitrogens with one attached hydrogen (secondary N) is 5. The van der Waals surface area contributed by atoms with Crippen LogP contribution >= 0.6 is 11.8 Å². The fourth-order valence-electron chi connectivity index (χ4n) is 10.5. The molecule has 2 unspecified atom stereocenters. The number of rotatable bonds is 23. The summed E-state index contributed by atoms with van der Waals surface area (Å²) in [5.41, 5.74) is 4.29. The van der Waals surface area contributed by atoms with Gasteiger partial charge in [0.15, 0.2) is 0 Å². The molecule has 0 aliphatic carbocycles. The quantitative estimate of drug-likeness (QED) is 0.0449. The summed E-state index contributed by atoms with van der Waals surface area (Å²) in [7, 11) is 0. The summed E-state index contributed by atoms with van der Waals surface area (Å²) in [5.74, 6) is -9.82. The van der Waals surface area contributed by atoms with Crippen molar-refractivity contribution in [3.8, 4) is 5.75 Å². The number of aliphatic hydroxyl groups is 7. The van der Waals surface area contributed by atoms with Gasteiger partial charge in [-0.05, 0) is 76.5 Å². The number of unbranched alkanes of at least 4 members (excludes halogenated alkanes) is 5. The van der Waals surface area contributed by atoms with Crippen LogP contribution < -0.4 is 32.3 Å². The first-order valence-electron chi connectivity index (χ1n) is 28.7. The molecule has 3 aliphatic heterocycles. The van der Waals surface area contributed by atoms with E-state index in [2.05, 4.69) is 47.4 Å². The van der Waals surface area contributed by atoms with Crippen LogP contribution in [0, 0.1) is 11.8 Å². The molecule has 1 aromatic rings. The van der Waals surface area contributed by atoms with E-state index in [1.165, 1.54) is 6.42 Å². The second kappa shape index (κ2) is 32.6. The Morgan fingerprint density at radius 3 is 1.98 bits per heavy atom. The van der Waals surface area contributed by atoms with E-state index in [0.717, 1.165) is 79.5 Å². The van der Waals surface area contributed by atoms with E-state index in [4.69, 9.17) is 10.5 Å². The van der Waals surface area contributed by atoms with Crippen molar-refractivity contribution in [2.45, 2.75) is 228 Å². The smallest absolute Gasteiger partial charge is 0.316 e. The second-order valence-corrected chi connectivity index (χ2v) is 24.6. The van der Waals surface area contributed by atoms with Crippen molar-refractivity contribution in [2.24, 2.45) is 17.6 Å². The van der Waals surface area contributed by atoms with Crippen LogP contribution in [0.1, 0.15) is 150 Å². The van der Waals surface area contributed by atoms with Gasteiger partial charge in [-0.3, -0.25) is 43.2 Å². The number of ether oxygens (including phenoxy) is 1. The number of fused-ring (bicyclic) bond motifs is 2. The predicted molar refractivity (Wildman–Crippen MR) is 302 cm³/mol. The van der Waals surface area contributed by atoms with E-state index in [-0.39, 0.29) is 24.2 Å². The maximum absolute atomic E-state index is 14.7. The summed E-state index contributed by atoms with van der Waals surface area (Å²) in [4.78, 5) is 128. The molecule has 1 aromatic carbocycles. The third-order valence-corrected chi connectivity index (χ3v) is 16.3. The molecule has 3 heterocycles. The summed E-state index contributed by atoms with van der Waals surface area (Å²) >= 11 is 0.606. The summed E-state index contributed by atoms with van der Waals surface area (Å²) in [6.45, 7) is 11.5. The first-order chi connectivity index (χ1) is 38.9. The van der Waals surface area contributed by atoms with Crippen molar-refractivity contribution < 1.29 is 88.7 Å². The van der Waals surface area contributed by atoms with Gasteiger partial charge in [0.05, 0.1) is 42.7 Å². The molecule has 3 aliphatic rings. The van der Waals surface area contributed by atoms with E-state index in [9.17, 15) is 84.0 Å². The van der Waals surface area contributed by atoms with Crippen LogP contribution in [0.2, 0.25) is 0 Å². The number of aromatic hydroxyl groups is 1. The van der Waals surface area contributed by atoms with Crippen molar-refractivity contribution in [3.05, 3.63) is 29.8 Å². The normalized spacial score (nSPS) is 27.5. The maximum Gasteiger partial charge on any atom is 0.316 e. The van der Waals surface area contributed by atoms with E-state index in [1.54, 1.807) is 20.8 Å². The Kier molecular flexibility index (Phi) is 27.4. The van der Waals surface area contributed by atoms with Crippen LogP contribution in [0.3, 0.4) is 0 Å². The average Bonchev–Trinajstić information content (AvgIpc) is 4.08. The Balaban J connectivity index is 1.80. The number of aliphatic hydroxyl groups excluding tert-OH is 7. The molecule has 468 valence electrons. The first-order valence-corrected chi connectivity index (χ1v) is 29.8. The Labute approximate surface area is 488 Å². The molecule has 83 heavy (non-hydrogen) atoms. The molecular weight excluding hydrogens is 1100 g/mol. The zero-order chi connectivity index (χ0) is 62.0. The van der Waals surface area contributed by atoms with Gasteiger partial charge in [0.2, 0.25) is 47.3 Å². The first kappa shape index (κ1) is 69.8. The van der Waals surface area contributed by atoms with Gasteiger partial charge in [0, 0.05) is 32.4 Å². The van der Waals surface area contributed by atoms with Gasteiger partial charge in [0.1, 0.15) is 65.2 Å². The second-order valence-electron chi connectivity index (χ2n) is 23.5. The van der Waals surface area contributed by atoms with Gasteiger partial charge < -0.3 is 87.7 Å². The number of nitrogens with zero attached hydrogens (tertiary/aromatic N) is 2. The van der Waals surface area contributed by atoms with Gasteiger partial charge in [-0.2, -0.15) is 0 Å². The lowest BCUT2D eigenvalue weighted by atomic mass is 9.91. The number of hydrogen-bond acceptors (Lipinski definition) is 19. The number of benzene rings is 1. The highest BCUT2D eigenvalue weighted by Crippen LogP contribution is 2.28. The summed E-state index contributed by atoms with van der Waals surface area (Å²) < 4.78 is 5.45. The number of thioether (sulfide) groups is 1. The summed E-state index contributed by atoms with van der Waals surface area (Å²) in [6.07, 6.45) is -7.79. The Hall–Kier alpha value is -5.68. The average molecular weight is 1200 g/mol. The minimum absolute atomic E-state index is 0.0851. The van der Waals surface area contributed by atoms with E-state index < -0.39 is 181 Å². The molecule has 8 amide bonds. The van der Waals surface area contributed by atoms with Gasteiger partial charge in [-0.1, -0.05) is 77.8 Å². The standard InChI is InChI=1S/C56H90N8O18S/c1-8-29(2)23-30(3)15-13-11-9-10-12-14-16-41(72)58-35-25-39(70)53(83-28-42(73)82-56(5,6)7)62-52(79)46-37(68)21-22-63(46)55(81)44(38(69)26-40(57)71)60-51(78)45(48(75)47(74)32-17-19-33(66)20-18-32)61-50(77)36-24-34(67)27-64(36)54(80)43(31(4)65)59-49(35)76/h17-20,29-31,34-39,43-48,53,65-70,74-75H,8-16,21-28H2,1-7H3,(H2,57,71)(H,58,72)(H,59,76)(H,60,78)(H,61,77)(H,62,79)/t29?,30?,31-,34-,35+,36+,37+,38-,39-,43+,44+,45+,46+,47+,48+,53-/m1/s1. The minimum atomic E-state index is -2.38. The minimum Gasteiger partial charge on any atom is -0.508 e. The number of carbonyl (C=O) groups excluding carboxylic acids is 9. The van der Waals surface area contributed by atoms with Crippen molar-refractivity contribution in [1.29, 1.82) is 0 Å². The van der Waals surface area contributed by atoms with E-state index in [0.29, 0.717) is 36.4 Å². The Morgan fingerprint density at radius 2 is 1.36 bits per heavy atom. The largest absolute Gasteiger partial charge is 0.508 e. The fourth-order valence-corrected chi connectivity index (χ4v) is 11.4. The summed E-state index contributed by atoms with van der Waals surface area (Å²) in [6, 6.07) is -7.40. The molecule has 3 fully saturated rings. The molecule has 3 saturated heterocycles. The van der Waals surface area contributed by atoms with E-state index in [1.807, 2.05) is 0 Å². The fraction of sp³-hybridized carbons (Fsp3) is 0.732. The van der Waals surface area contributed by atoms with Crippen molar-refractivity contribution >= 4 is 65.0 Å². The lowest BCUT2D eigenvalue weighted by molar-refractivity contribution is -0.151. The molecule has 0 saturated carbocycles. The molecule has 0 bridgehead atoms. The van der Waals surface area contributed by atoms with Crippen LogP contribution in [0.4, 0.5) is 0 Å². The SMILES string of the molecule is CCC(C)CC(C)CCCCCCCCC(=O)N[C@H]1C[C@@H](O)[C@@H](SCC(=O)OC(C)(C)C)NC(=O)[C@@H]2[C@@H](O)CCN2C(=O)[C@H]([C@H](O)CC(N)=O)NC(=O)[C@H]([C@H](O)[C@@H](O)c2ccc(O)cc2)NC(=O)[C@@H]2C[C@@H](O)CN2C(=O)[C@H]([C@@H](C)O)NC1=O. The van der Waals surface area contributed by atoms with Crippen LogP contribution in [0.25, 0.3) is 0 Å². The zero-order valence-electron chi connectivity index (χ0n) is 48.6. The van der Waals surface area contributed by atoms with Gasteiger partial charge in [-0.25, -0.2) is 0 Å².